The highest BCUT2D eigenvalue weighted by molar-refractivity contribution is 7.47. The number of hydrogen-bond acceptors (Lipinski definition) is 15. The quantitative estimate of drug-likeness (QED) is 0.0222. The zero-order chi connectivity index (χ0) is 67.5. The third kappa shape index (κ3) is 66.5. The molecule has 0 heterocycles. The third-order valence-electron chi connectivity index (χ3n) is 16.6. The van der Waals surface area contributed by atoms with Crippen LogP contribution in [0.1, 0.15) is 357 Å². The van der Waals surface area contributed by atoms with Crippen LogP contribution in [0.2, 0.25) is 0 Å². The molecule has 0 bridgehead atoms. The number of hydrogen-bond donors (Lipinski definition) is 3. The lowest BCUT2D eigenvalue weighted by molar-refractivity contribution is -0.161. The summed E-state index contributed by atoms with van der Waals surface area (Å²) in [6.45, 7) is 14.1. The molecule has 0 radical (unpaired) electrons. The second-order valence-corrected chi connectivity index (χ2v) is 30.8. The Labute approximate surface area is 556 Å². The molecule has 3 N–H and O–H groups in total. The molecule has 0 amide bonds. The van der Waals surface area contributed by atoms with Crippen molar-refractivity contribution in [2.24, 2.45) is 23.7 Å². The number of ether oxygens (including phenoxy) is 4. The second kappa shape index (κ2) is 61.6. The average molecular weight is 1340 g/mol. The summed E-state index contributed by atoms with van der Waals surface area (Å²) in [6, 6.07) is 0. The zero-order valence-corrected chi connectivity index (χ0v) is 61.3. The average Bonchev–Trinajstić information content (AvgIpc) is 2.54. The van der Waals surface area contributed by atoms with Crippen LogP contribution in [0.25, 0.3) is 0 Å². The first-order valence-corrected chi connectivity index (χ1v) is 40.2. The Kier molecular flexibility index (Phi) is 60.3. The fraction of sp³-hybridized carbons (Fsp3) is 0.944. The lowest BCUT2D eigenvalue weighted by Gasteiger charge is -2.21. The molecule has 0 aromatic carbocycles. The fourth-order valence-corrected chi connectivity index (χ4v) is 12.4. The molecule has 0 aliphatic heterocycles. The van der Waals surface area contributed by atoms with Crippen molar-refractivity contribution >= 4 is 39.5 Å². The molecular formula is C72H140O17P2. The summed E-state index contributed by atoms with van der Waals surface area (Å²) >= 11 is 0. The van der Waals surface area contributed by atoms with Gasteiger partial charge in [0.1, 0.15) is 19.3 Å². The minimum atomic E-state index is -4.95. The van der Waals surface area contributed by atoms with Gasteiger partial charge in [-0.2, -0.15) is 0 Å². The topological polar surface area (TPSA) is 237 Å². The van der Waals surface area contributed by atoms with E-state index in [9.17, 15) is 43.2 Å². The molecule has 0 spiro atoms. The number of rotatable bonds is 69. The first-order chi connectivity index (χ1) is 43.6. The molecular weight excluding hydrogens is 1200 g/mol. The van der Waals surface area contributed by atoms with Gasteiger partial charge in [0.05, 0.1) is 26.4 Å². The number of esters is 4. The van der Waals surface area contributed by atoms with E-state index in [0.717, 1.165) is 114 Å². The van der Waals surface area contributed by atoms with Crippen molar-refractivity contribution in [1.82, 2.24) is 0 Å². The van der Waals surface area contributed by atoms with Gasteiger partial charge < -0.3 is 33.8 Å². The van der Waals surface area contributed by atoms with Gasteiger partial charge in [-0.3, -0.25) is 37.3 Å². The minimum Gasteiger partial charge on any atom is -0.462 e. The van der Waals surface area contributed by atoms with Crippen LogP contribution >= 0.6 is 15.6 Å². The van der Waals surface area contributed by atoms with Crippen LogP contribution in [0.4, 0.5) is 0 Å². The summed E-state index contributed by atoms with van der Waals surface area (Å²) in [5.41, 5.74) is 0. The highest BCUT2D eigenvalue weighted by Gasteiger charge is 2.30. The summed E-state index contributed by atoms with van der Waals surface area (Å²) in [4.78, 5) is 72.6. The first-order valence-electron chi connectivity index (χ1n) is 37.2. The van der Waals surface area contributed by atoms with E-state index in [0.29, 0.717) is 31.6 Å². The lowest BCUT2D eigenvalue weighted by Crippen LogP contribution is -2.30. The van der Waals surface area contributed by atoms with Gasteiger partial charge in [0, 0.05) is 25.7 Å². The van der Waals surface area contributed by atoms with Gasteiger partial charge in [-0.25, -0.2) is 9.13 Å². The molecule has 19 heteroatoms. The Morgan fingerprint density at radius 3 is 0.681 bits per heavy atom. The van der Waals surface area contributed by atoms with Crippen molar-refractivity contribution in [2.45, 2.75) is 375 Å². The molecule has 17 nitrogen and oxygen atoms in total. The lowest BCUT2D eigenvalue weighted by atomic mass is 10.0. The standard InChI is InChI=1S/C72H140O17P2/c1-62(2)48-40-32-24-17-13-10-9-11-15-19-28-36-44-52-69(74)82-58-67(88-71(76)54-46-38-29-20-16-12-14-18-25-33-41-49-63(3)4)60-86-90(78,79)84-56-66(73)57-85-91(80,81)87-61-68(59-83-70(75)53-45-37-31-23-27-35-43-51-65(7)8)89-72(77)55-47-39-30-22-21-26-34-42-50-64(5)6/h62-68,73H,9-61H2,1-8H3,(H,78,79)(H,80,81)/t66?,67-,68-/m1/s1. The summed E-state index contributed by atoms with van der Waals surface area (Å²) in [7, 11) is -9.91. The van der Waals surface area contributed by atoms with Crippen LogP contribution in [0.15, 0.2) is 0 Å². The van der Waals surface area contributed by atoms with Gasteiger partial charge in [0.15, 0.2) is 12.2 Å². The summed E-state index contributed by atoms with van der Waals surface area (Å²) in [6.07, 6.45) is 44.5. The first kappa shape index (κ1) is 89.1. The Morgan fingerprint density at radius 1 is 0.275 bits per heavy atom. The highest BCUT2D eigenvalue weighted by atomic mass is 31.2. The van der Waals surface area contributed by atoms with E-state index in [-0.39, 0.29) is 25.7 Å². The molecule has 0 aromatic rings. The molecule has 0 aliphatic carbocycles. The van der Waals surface area contributed by atoms with Gasteiger partial charge in [-0.1, -0.05) is 306 Å². The molecule has 91 heavy (non-hydrogen) atoms. The molecule has 0 saturated carbocycles. The third-order valence-corrected chi connectivity index (χ3v) is 18.5. The maximum absolute atomic E-state index is 13.0. The molecule has 3 unspecified atom stereocenters. The van der Waals surface area contributed by atoms with Crippen molar-refractivity contribution < 1.29 is 80.2 Å². The zero-order valence-electron chi connectivity index (χ0n) is 59.5. The number of phosphoric acid groups is 2. The maximum atomic E-state index is 13.0. The summed E-state index contributed by atoms with van der Waals surface area (Å²) in [5.74, 6) is 0.852. The normalized spacial score (nSPS) is 14.2. The van der Waals surface area contributed by atoms with Crippen molar-refractivity contribution in [3.63, 3.8) is 0 Å². The van der Waals surface area contributed by atoms with Gasteiger partial charge in [-0.15, -0.1) is 0 Å². The van der Waals surface area contributed by atoms with Crippen LogP contribution < -0.4 is 0 Å². The molecule has 0 rings (SSSR count). The van der Waals surface area contributed by atoms with Crippen molar-refractivity contribution in [1.29, 1.82) is 0 Å². The Balaban J connectivity index is 5.25. The number of carbonyl (C=O) groups excluding carboxylic acids is 4. The summed E-state index contributed by atoms with van der Waals surface area (Å²) < 4.78 is 68.3. The van der Waals surface area contributed by atoms with E-state index >= 15 is 0 Å². The molecule has 540 valence electrons. The van der Waals surface area contributed by atoms with Crippen LogP contribution in [0.5, 0.6) is 0 Å². The highest BCUT2D eigenvalue weighted by Crippen LogP contribution is 2.45. The summed E-state index contributed by atoms with van der Waals surface area (Å²) in [5, 5.41) is 10.6. The van der Waals surface area contributed by atoms with Crippen molar-refractivity contribution in [2.75, 3.05) is 39.6 Å². The van der Waals surface area contributed by atoms with Crippen LogP contribution in [-0.4, -0.2) is 96.7 Å². The van der Waals surface area contributed by atoms with E-state index in [1.807, 2.05) is 0 Å². The van der Waals surface area contributed by atoms with Crippen molar-refractivity contribution in [3.05, 3.63) is 0 Å². The number of aliphatic hydroxyl groups excluding tert-OH is 1. The largest absolute Gasteiger partial charge is 0.472 e. The monoisotopic (exact) mass is 1340 g/mol. The molecule has 0 aromatic heterocycles. The van der Waals surface area contributed by atoms with Gasteiger partial charge >= 0.3 is 39.5 Å². The van der Waals surface area contributed by atoms with E-state index in [4.69, 9.17) is 37.0 Å². The molecule has 5 atom stereocenters. The van der Waals surface area contributed by atoms with Gasteiger partial charge in [0.25, 0.3) is 0 Å². The number of aliphatic hydroxyl groups is 1. The second-order valence-electron chi connectivity index (χ2n) is 27.9. The SMILES string of the molecule is CC(C)CCCCCCCCCCCCCCCC(=O)OC[C@H](COP(=O)(O)OCC(O)COP(=O)(O)OC[C@@H](COC(=O)CCCCCCCCCC(C)C)OC(=O)CCCCCCCCCCC(C)C)OC(=O)CCCCCCCCCCCCCC(C)C. The number of unbranched alkanes of at least 4 members (excludes halogenated alkanes) is 35. The van der Waals surface area contributed by atoms with Crippen LogP contribution in [0.3, 0.4) is 0 Å². The number of phosphoric ester groups is 2. The molecule has 0 saturated heterocycles. The minimum absolute atomic E-state index is 0.103. The Bertz CT molecular complexity index is 1800. The smallest absolute Gasteiger partial charge is 0.462 e. The van der Waals surface area contributed by atoms with E-state index < -0.39 is 97.5 Å². The Morgan fingerprint density at radius 2 is 0.462 bits per heavy atom. The Hall–Kier alpha value is -1.94. The fourth-order valence-electron chi connectivity index (χ4n) is 10.8. The van der Waals surface area contributed by atoms with E-state index in [1.54, 1.807) is 0 Å². The maximum Gasteiger partial charge on any atom is 0.472 e. The van der Waals surface area contributed by atoms with Gasteiger partial charge in [0.2, 0.25) is 0 Å². The number of carbonyl (C=O) groups is 4. The van der Waals surface area contributed by atoms with Gasteiger partial charge in [-0.05, 0) is 49.4 Å². The molecule has 0 fully saturated rings. The van der Waals surface area contributed by atoms with E-state index in [2.05, 4.69) is 55.4 Å². The van der Waals surface area contributed by atoms with Crippen molar-refractivity contribution in [3.8, 4) is 0 Å². The van der Waals surface area contributed by atoms with Crippen LogP contribution in [-0.2, 0) is 65.4 Å². The molecule has 0 aliphatic rings. The van der Waals surface area contributed by atoms with Crippen LogP contribution in [0, 0.1) is 23.7 Å². The predicted molar refractivity (Wildman–Crippen MR) is 367 cm³/mol. The van der Waals surface area contributed by atoms with E-state index in [1.165, 1.54) is 154 Å². The predicted octanol–water partition coefficient (Wildman–Crippen LogP) is 20.5.